The molecule has 3 aromatic rings. The highest BCUT2D eigenvalue weighted by Gasteiger charge is 2.18. The summed E-state index contributed by atoms with van der Waals surface area (Å²) in [6.45, 7) is 4.14. The third-order valence-electron chi connectivity index (χ3n) is 3.90. The predicted octanol–water partition coefficient (Wildman–Crippen LogP) is 4.04. The van der Waals surface area contributed by atoms with Crippen LogP contribution in [0.15, 0.2) is 54.7 Å². The molecule has 0 unspecified atom stereocenters. The Balaban J connectivity index is 1.84. The van der Waals surface area contributed by atoms with E-state index < -0.39 is 10.8 Å². The summed E-state index contributed by atoms with van der Waals surface area (Å²) in [5.74, 6) is 0.495. The van der Waals surface area contributed by atoms with Crippen molar-refractivity contribution in [3.63, 3.8) is 0 Å². The van der Waals surface area contributed by atoms with E-state index >= 15 is 0 Å². The van der Waals surface area contributed by atoms with Crippen LogP contribution in [0.2, 0.25) is 0 Å². The summed E-state index contributed by atoms with van der Waals surface area (Å²) < 4.78 is 14.8. The monoisotopic (exact) mass is 312 g/mol. The van der Waals surface area contributed by atoms with Gasteiger partial charge in [0.25, 0.3) is 0 Å². The normalized spacial score (nSPS) is 14.1. The lowest BCUT2D eigenvalue weighted by atomic mass is 10.1. The molecule has 0 radical (unpaired) electrons. The van der Waals surface area contributed by atoms with E-state index in [1.54, 1.807) is 0 Å². The first kappa shape index (κ1) is 15.0. The van der Waals surface area contributed by atoms with Gasteiger partial charge in [0.05, 0.1) is 16.7 Å². The Bertz CT molecular complexity index is 795. The molecule has 0 bridgehead atoms. The predicted molar refractivity (Wildman–Crippen MR) is 91.2 cm³/mol. The number of fused-ring (bicyclic) bond motifs is 1. The second-order valence-corrected chi connectivity index (χ2v) is 7.08. The van der Waals surface area contributed by atoms with Crippen molar-refractivity contribution in [2.45, 2.75) is 31.3 Å². The molecule has 114 valence electrons. The fraction of sp³-hybridized carbons (Fsp3) is 0.278. The van der Waals surface area contributed by atoms with Gasteiger partial charge in [0.2, 0.25) is 0 Å². The molecule has 4 heteroatoms. The molecule has 0 aliphatic carbocycles. The van der Waals surface area contributed by atoms with Crippen molar-refractivity contribution in [1.29, 1.82) is 0 Å². The second-order valence-electron chi connectivity index (χ2n) is 5.46. The van der Waals surface area contributed by atoms with Gasteiger partial charge in [-0.05, 0) is 31.0 Å². The molecule has 0 saturated carbocycles. The molecule has 2 atom stereocenters. The first-order chi connectivity index (χ1) is 10.7. The maximum absolute atomic E-state index is 12.8. The number of rotatable bonds is 5. The van der Waals surface area contributed by atoms with Gasteiger partial charge in [-0.1, -0.05) is 43.3 Å². The van der Waals surface area contributed by atoms with Crippen LogP contribution in [-0.2, 0) is 16.6 Å². The van der Waals surface area contributed by atoms with Crippen molar-refractivity contribution >= 4 is 16.4 Å². The molecular formula is C18H20N2OS. The van der Waals surface area contributed by atoms with Gasteiger partial charge < -0.3 is 4.40 Å². The quantitative estimate of drug-likeness (QED) is 0.712. The maximum Gasteiger partial charge on any atom is 0.137 e. The van der Waals surface area contributed by atoms with Gasteiger partial charge in [-0.3, -0.25) is 4.21 Å². The Kier molecular flexibility index (Phi) is 4.39. The summed E-state index contributed by atoms with van der Waals surface area (Å²) in [6, 6.07) is 16.1. The molecule has 0 aliphatic rings. The zero-order valence-corrected chi connectivity index (χ0v) is 13.7. The van der Waals surface area contributed by atoms with E-state index in [1.165, 1.54) is 0 Å². The smallest absolute Gasteiger partial charge is 0.137 e. The van der Waals surface area contributed by atoms with Gasteiger partial charge in [-0.2, -0.15) is 0 Å². The lowest BCUT2D eigenvalue weighted by molar-refractivity contribution is 0.667. The van der Waals surface area contributed by atoms with Crippen molar-refractivity contribution < 1.29 is 4.21 Å². The van der Waals surface area contributed by atoms with E-state index in [-0.39, 0.29) is 5.25 Å². The number of aryl methyl sites for hydroxylation is 1. The molecule has 3 rings (SSSR count). The van der Waals surface area contributed by atoms with Gasteiger partial charge in [-0.15, -0.1) is 0 Å². The lowest BCUT2D eigenvalue weighted by Gasteiger charge is -2.14. The molecule has 0 saturated heterocycles. The summed E-state index contributed by atoms with van der Waals surface area (Å²) >= 11 is 0. The SMILES string of the molecule is CC[C@H](c1ccccc1)[S@@](=O)Cc1cn2c(C)cccc2n1. The molecule has 0 aliphatic heterocycles. The number of aromatic nitrogens is 2. The van der Waals surface area contributed by atoms with Crippen LogP contribution in [-0.4, -0.2) is 13.6 Å². The molecular weight excluding hydrogens is 292 g/mol. The maximum atomic E-state index is 12.8. The van der Waals surface area contributed by atoms with Crippen molar-refractivity contribution in [1.82, 2.24) is 9.38 Å². The van der Waals surface area contributed by atoms with Crippen LogP contribution in [0, 0.1) is 6.92 Å². The third kappa shape index (κ3) is 2.97. The van der Waals surface area contributed by atoms with Crippen LogP contribution < -0.4 is 0 Å². The topological polar surface area (TPSA) is 34.4 Å². The fourth-order valence-electron chi connectivity index (χ4n) is 2.76. The Morgan fingerprint density at radius 1 is 1.14 bits per heavy atom. The van der Waals surface area contributed by atoms with Crippen LogP contribution in [0.4, 0.5) is 0 Å². The lowest BCUT2D eigenvalue weighted by Crippen LogP contribution is -2.08. The highest BCUT2D eigenvalue weighted by atomic mass is 32.2. The average Bonchev–Trinajstić information content (AvgIpc) is 2.93. The van der Waals surface area contributed by atoms with Gasteiger partial charge in [-0.25, -0.2) is 4.98 Å². The largest absolute Gasteiger partial charge is 0.304 e. The summed E-state index contributed by atoms with van der Waals surface area (Å²) in [4.78, 5) is 4.59. The highest BCUT2D eigenvalue weighted by Crippen LogP contribution is 2.25. The van der Waals surface area contributed by atoms with Crippen LogP contribution in [0.25, 0.3) is 5.65 Å². The highest BCUT2D eigenvalue weighted by molar-refractivity contribution is 7.84. The summed E-state index contributed by atoms with van der Waals surface area (Å²) in [6.07, 6.45) is 2.86. The number of hydrogen-bond donors (Lipinski definition) is 0. The van der Waals surface area contributed by atoms with Crippen LogP contribution in [0.3, 0.4) is 0 Å². The number of pyridine rings is 1. The molecule has 1 aromatic carbocycles. The van der Waals surface area contributed by atoms with Crippen LogP contribution in [0.5, 0.6) is 0 Å². The van der Waals surface area contributed by atoms with E-state index in [1.807, 2.05) is 49.5 Å². The molecule has 3 nitrogen and oxygen atoms in total. The number of imidazole rings is 1. The molecule has 2 heterocycles. The first-order valence-electron chi connectivity index (χ1n) is 7.54. The Hall–Kier alpha value is -1.94. The summed E-state index contributed by atoms with van der Waals surface area (Å²) in [5, 5.41) is 0.0621. The van der Waals surface area contributed by atoms with Crippen LogP contribution in [0.1, 0.15) is 35.5 Å². The minimum atomic E-state index is -0.969. The minimum Gasteiger partial charge on any atom is -0.304 e. The van der Waals surface area contributed by atoms with E-state index in [4.69, 9.17) is 0 Å². The third-order valence-corrected chi connectivity index (χ3v) is 5.72. The van der Waals surface area contributed by atoms with Crippen molar-refractivity contribution in [2.24, 2.45) is 0 Å². The van der Waals surface area contributed by atoms with Crippen molar-refractivity contribution in [3.05, 3.63) is 71.7 Å². The van der Waals surface area contributed by atoms with E-state index in [2.05, 4.69) is 28.4 Å². The molecule has 2 aromatic heterocycles. The Morgan fingerprint density at radius 2 is 1.91 bits per heavy atom. The van der Waals surface area contributed by atoms with Crippen molar-refractivity contribution in [2.75, 3.05) is 0 Å². The first-order valence-corrected chi connectivity index (χ1v) is 8.93. The van der Waals surface area contributed by atoms with Crippen molar-refractivity contribution in [3.8, 4) is 0 Å². The van der Waals surface area contributed by atoms with Gasteiger partial charge in [0, 0.05) is 22.7 Å². The summed E-state index contributed by atoms with van der Waals surface area (Å²) in [7, 11) is -0.969. The van der Waals surface area contributed by atoms with Gasteiger partial charge in [0.1, 0.15) is 5.65 Å². The average molecular weight is 312 g/mol. The molecule has 0 N–H and O–H groups in total. The zero-order chi connectivity index (χ0) is 15.5. The molecule has 0 spiro atoms. The number of benzene rings is 1. The van der Waals surface area contributed by atoms with Crippen LogP contribution >= 0.6 is 0 Å². The van der Waals surface area contributed by atoms with Gasteiger partial charge >= 0.3 is 0 Å². The second kappa shape index (κ2) is 6.44. The minimum absolute atomic E-state index is 0.0621. The zero-order valence-electron chi connectivity index (χ0n) is 12.9. The Labute approximate surface area is 133 Å². The Morgan fingerprint density at radius 3 is 2.59 bits per heavy atom. The number of hydrogen-bond acceptors (Lipinski definition) is 2. The number of nitrogens with zero attached hydrogens (tertiary/aromatic N) is 2. The van der Waals surface area contributed by atoms with Gasteiger partial charge in [0.15, 0.2) is 0 Å². The molecule has 0 amide bonds. The standard InChI is InChI=1S/C18H20N2OS/c1-3-17(15-9-5-4-6-10-15)22(21)13-16-12-20-14(2)8-7-11-18(20)19-16/h4-12,17H,3,13H2,1-2H3/t17-,22+/m1/s1. The summed E-state index contributed by atoms with van der Waals surface area (Å²) in [5.41, 5.74) is 4.09. The fourth-order valence-corrected chi connectivity index (χ4v) is 4.22. The molecule has 22 heavy (non-hydrogen) atoms. The van der Waals surface area contributed by atoms with E-state index in [0.29, 0.717) is 5.75 Å². The molecule has 0 fully saturated rings. The van der Waals surface area contributed by atoms with E-state index in [0.717, 1.165) is 29.0 Å². The van der Waals surface area contributed by atoms with E-state index in [9.17, 15) is 4.21 Å².